The van der Waals surface area contributed by atoms with Crippen LogP contribution in [-0.4, -0.2) is 45.8 Å². The molecule has 1 atom stereocenters. The molecule has 0 spiro atoms. The quantitative estimate of drug-likeness (QED) is 0.355. The number of hydrogen-bond donors (Lipinski definition) is 2. The number of ether oxygens (including phenoxy) is 1. The number of rotatable bonds is 11. The molecule has 2 amide bonds. The van der Waals surface area contributed by atoms with E-state index in [-0.39, 0.29) is 23.6 Å². The predicted molar refractivity (Wildman–Crippen MR) is 144 cm³/mol. The van der Waals surface area contributed by atoms with Crippen molar-refractivity contribution in [2.45, 2.75) is 39.3 Å². The number of pyridine rings is 1. The predicted octanol–water partition coefficient (Wildman–Crippen LogP) is 5.00. The highest BCUT2D eigenvalue weighted by molar-refractivity contribution is 6.36. The standard InChI is InChI=1S/C27H29Cl2N5O3/c1-3-30-27(36)25-10-20(8-9-31-25)26(35)33-17(2)4-5-19-13-32-34(14-19)15-22-23(28)11-21(12-24(22)29)37-16-18-6-7-18/h4-5,8-14,17-18H,3,6-7,15-16H2,1-2H3,(H,30,36)(H,33,35)/b5-4+/t17-/m0/s1. The first-order valence-corrected chi connectivity index (χ1v) is 12.9. The van der Waals surface area contributed by atoms with Crippen LogP contribution in [0.1, 0.15) is 58.7 Å². The van der Waals surface area contributed by atoms with Crippen LogP contribution in [-0.2, 0) is 6.54 Å². The average Bonchev–Trinajstić information content (AvgIpc) is 3.60. The lowest BCUT2D eigenvalue weighted by atomic mass is 10.2. The summed E-state index contributed by atoms with van der Waals surface area (Å²) in [5.74, 6) is 0.709. The Labute approximate surface area is 226 Å². The molecule has 2 N–H and O–H groups in total. The Bertz CT molecular complexity index is 1280. The molecule has 1 aliphatic rings. The van der Waals surface area contributed by atoms with E-state index in [1.54, 1.807) is 29.1 Å². The van der Waals surface area contributed by atoms with Crippen molar-refractivity contribution in [2.24, 2.45) is 5.92 Å². The van der Waals surface area contributed by atoms with Gasteiger partial charge in [-0.05, 0) is 56.9 Å². The second-order valence-electron chi connectivity index (χ2n) is 9.00. The molecule has 1 saturated carbocycles. The number of hydrogen-bond acceptors (Lipinski definition) is 5. The molecule has 2 heterocycles. The maximum atomic E-state index is 12.6. The molecule has 0 radical (unpaired) electrons. The second-order valence-corrected chi connectivity index (χ2v) is 9.82. The maximum absolute atomic E-state index is 12.6. The third kappa shape index (κ3) is 7.57. The number of amides is 2. The van der Waals surface area contributed by atoms with Crippen molar-refractivity contribution in [1.82, 2.24) is 25.4 Å². The van der Waals surface area contributed by atoms with Gasteiger partial charge in [-0.2, -0.15) is 5.10 Å². The molecule has 0 bridgehead atoms. The Morgan fingerprint density at radius 1 is 1.22 bits per heavy atom. The third-order valence-corrected chi connectivity index (χ3v) is 6.47. The fourth-order valence-corrected chi connectivity index (χ4v) is 4.15. The van der Waals surface area contributed by atoms with E-state index in [2.05, 4.69) is 20.7 Å². The van der Waals surface area contributed by atoms with Crippen LogP contribution in [0.2, 0.25) is 10.0 Å². The van der Waals surface area contributed by atoms with E-state index in [4.69, 9.17) is 27.9 Å². The summed E-state index contributed by atoms with van der Waals surface area (Å²) in [5.41, 5.74) is 2.19. The number of carbonyl (C=O) groups excluding carboxylic acids is 2. The summed E-state index contributed by atoms with van der Waals surface area (Å²) in [4.78, 5) is 28.6. The zero-order valence-electron chi connectivity index (χ0n) is 20.7. The van der Waals surface area contributed by atoms with Gasteiger partial charge in [0.25, 0.3) is 11.8 Å². The van der Waals surface area contributed by atoms with Gasteiger partial charge in [-0.25, -0.2) is 0 Å². The van der Waals surface area contributed by atoms with Gasteiger partial charge in [0.1, 0.15) is 11.4 Å². The van der Waals surface area contributed by atoms with Gasteiger partial charge in [0.05, 0.1) is 29.4 Å². The van der Waals surface area contributed by atoms with Crippen LogP contribution in [0.25, 0.3) is 6.08 Å². The lowest BCUT2D eigenvalue weighted by Crippen LogP contribution is -2.31. The Morgan fingerprint density at radius 3 is 2.68 bits per heavy atom. The molecule has 2 aromatic heterocycles. The molecule has 4 rings (SSSR count). The van der Waals surface area contributed by atoms with E-state index in [1.807, 2.05) is 32.2 Å². The number of nitrogens with zero attached hydrogens (tertiary/aromatic N) is 3. The topological polar surface area (TPSA) is 98.1 Å². The molecule has 0 unspecified atom stereocenters. The van der Waals surface area contributed by atoms with Crippen LogP contribution in [0, 0.1) is 5.92 Å². The monoisotopic (exact) mass is 541 g/mol. The number of carbonyl (C=O) groups is 2. The van der Waals surface area contributed by atoms with Crippen molar-refractivity contribution >= 4 is 41.1 Å². The van der Waals surface area contributed by atoms with Gasteiger partial charge < -0.3 is 15.4 Å². The first kappa shape index (κ1) is 26.7. The molecule has 1 fully saturated rings. The molecule has 37 heavy (non-hydrogen) atoms. The highest BCUT2D eigenvalue weighted by atomic mass is 35.5. The van der Waals surface area contributed by atoms with Gasteiger partial charge in [-0.15, -0.1) is 0 Å². The summed E-state index contributed by atoms with van der Waals surface area (Å²) in [6.07, 6.45) is 11.2. The summed E-state index contributed by atoms with van der Waals surface area (Å²) in [5, 5.41) is 11.0. The summed E-state index contributed by atoms with van der Waals surface area (Å²) >= 11 is 13.0. The number of benzene rings is 1. The zero-order valence-corrected chi connectivity index (χ0v) is 22.2. The van der Waals surface area contributed by atoms with Crippen molar-refractivity contribution in [3.8, 4) is 5.75 Å². The van der Waals surface area contributed by atoms with E-state index >= 15 is 0 Å². The first-order valence-electron chi connectivity index (χ1n) is 12.2. The Hall–Kier alpha value is -3.36. The molecular formula is C27H29Cl2N5O3. The van der Waals surface area contributed by atoms with Crippen LogP contribution in [0.4, 0.5) is 0 Å². The highest BCUT2D eigenvalue weighted by Crippen LogP contribution is 2.33. The van der Waals surface area contributed by atoms with E-state index < -0.39 is 0 Å². The van der Waals surface area contributed by atoms with E-state index in [9.17, 15) is 9.59 Å². The minimum Gasteiger partial charge on any atom is -0.493 e. The van der Waals surface area contributed by atoms with Crippen molar-refractivity contribution in [2.75, 3.05) is 13.2 Å². The lowest BCUT2D eigenvalue weighted by molar-refractivity contribution is 0.0947. The van der Waals surface area contributed by atoms with Gasteiger partial charge in [0.15, 0.2) is 0 Å². The number of nitrogens with one attached hydrogen (secondary N) is 2. The number of halogens is 2. The summed E-state index contributed by atoms with van der Waals surface area (Å²) in [6.45, 7) is 5.27. The fourth-order valence-electron chi connectivity index (χ4n) is 3.57. The lowest BCUT2D eigenvalue weighted by Gasteiger charge is -2.11. The average molecular weight is 542 g/mol. The Morgan fingerprint density at radius 2 is 1.97 bits per heavy atom. The van der Waals surface area contributed by atoms with Crippen LogP contribution in [0.5, 0.6) is 5.75 Å². The van der Waals surface area contributed by atoms with Crippen molar-refractivity contribution in [1.29, 1.82) is 0 Å². The van der Waals surface area contributed by atoms with Crippen molar-refractivity contribution in [3.05, 3.63) is 81.4 Å². The molecule has 1 aromatic carbocycles. The number of aromatic nitrogens is 3. The molecule has 0 aliphatic heterocycles. The summed E-state index contributed by atoms with van der Waals surface area (Å²) in [7, 11) is 0. The van der Waals surface area contributed by atoms with Gasteiger partial charge in [0.2, 0.25) is 0 Å². The molecule has 10 heteroatoms. The van der Waals surface area contributed by atoms with Crippen LogP contribution < -0.4 is 15.4 Å². The Balaban J connectivity index is 1.33. The third-order valence-electron chi connectivity index (χ3n) is 5.80. The van der Waals surface area contributed by atoms with E-state index in [0.29, 0.717) is 47.0 Å². The zero-order chi connectivity index (χ0) is 26.4. The largest absolute Gasteiger partial charge is 0.493 e. The summed E-state index contributed by atoms with van der Waals surface area (Å²) in [6, 6.07) is 6.37. The second kappa shape index (κ2) is 12.3. The fraction of sp³-hybridized carbons (Fsp3) is 0.333. The summed E-state index contributed by atoms with van der Waals surface area (Å²) < 4.78 is 7.54. The van der Waals surface area contributed by atoms with Crippen LogP contribution >= 0.6 is 23.2 Å². The van der Waals surface area contributed by atoms with Crippen LogP contribution in [0.3, 0.4) is 0 Å². The van der Waals surface area contributed by atoms with E-state index in [0.717, 1.165) is 11.1 Å². The molecular weight excluding hydrogens is 513 g/mol. The van der Waals surface area contributed by atoms with Gasteiger partial charge in [-0.1, -0.05) is 35.4 Å². The maximum Gasteiger partial charge on any atom is 0.269 e. The molecule has 1 aliphatic carbocycles. The normalized spacial score (nSPS) is 13.9. The minimum atomic E-state index is -0.317. The molecule has 8 nitrogen and oxygen atoms in total. The van der Waals surface area contributed by atoms with Crippen molar-refractivity contribution in [3.63, 3.8) is 0 Å². The van der Waals surface area contributed by atoms with E-state index in [1.165, 1.54) is 25.1 Å². The van der Waals surface area contributed by atoms with Gasteiger partial charge >= 0.3 is 0 Å². The highest BCUT2D eigenvalue weighted by Gasteiger charge is 2.22. The van der Waals surface area contributed by atoms with Gasteiger partial charge in [-0.3, -0.25) is 19.3 Å². The first-order chi connectivity index (χ1) is 17.8. The molecule has 0 saturated heterocycles. The Kier molecular flexibility index (Phi) is 8.84. The molecule has 194 valence electrons. The smallest absolute Gasteiger partial charge is 0.269 e. The van der Waals surface area contributed by atoms with Gasteiger partial charge in [0, 0.05) is 41.7 Å². The van der Waals surface area contributed by atoms with Crippen LogP contribution in [0.15, 0.2) is 48.9 Å². The van der Waals surface area contributed by atoms with Crippen molar-refractivity contribution < 1.29 is 14.3 Å². The minimum absolute atomic E-state index is 0.200. The molecule has 3 aromatic rings. The SMILES string of the molecule is CCNC(=O)c1cc(C(=O)N[C@@H](C)/C=C/c2cnn(Cc3c(Cl)cc(OCC4CC4)cc3Cl)c2)ccn1.